The van der Waals surface area contributed by atoms with Crippen LogP contribution in [0.1, 0.15) is 32.1 Å². The van der Waals surface area contributed by atoms with E-state index in [1.807, 2.05) is 6.07 Å². The van der Waals surface area contributed by atoms with Crippen molar-refractivity contribution in [2.24, 2.45) is 4.99 Å². The number of hydrogen-bond acceptors (Lipinski definition) is 3. The van der Waals surface area contributed by atoms with Gasteiger partial charge in [-0.3, -0.25) is 9.79 Å². The average molecular weight is 471 g/mol. The summed E-state index contributed by atoms with van der Waals surface area (Å²) in [5.74, 6) is 0.990. The molecule has 144 valence electrons. The first-order chi connectivity index (χ1) is 12.2. The number of nitrogens with zero attached hydrogens (tertiary/aromatic N) is 2. The third kappa shape index (κ3) is 6.66. The molecule has 0 spiro atoms. The normalized spacial score (nSPS) is 19.7. The maximum absolute atomic E-state index is 11.7. The summed E-state index contributed by atoms with van der Waals surface area (Å²) < 4.78 is 0. The molecule has 1 aromatic carbocycles. The smallest absolute Gasteiger partial charge is 0.220 e. The van der Waals surface area contributed by atoms with Crippen molar-refractivity contribution in [2.75, 3.05) is 31.6 Å². The van der Waals surface area contributed by atoms with Gasteiger partial charge in [-0.25, -0.2) is 0 Å². The lowest BCUT2D eigenvalue weighted by Gasteiger charge is -2.20. The summed E-state index contributed by atoms with van der Waals surface area (Å²) in [6.45, 7) is 2.79. The molecule has 3 N–H and O–H groups in total. The largest absolute Gasteiger partial charge is 0.369 e. The molecule has 0 bridgehead atoms. The predicted molar refractivity (Wildman–Crippen MR) is 117 cm³/mol. The molecule has 26 heavy (non-hydrogen) atoms. The van der Waals surface area contributed by atoms with E-state index in [0.717, 1.165) is 51.3 Å². The van der Waals surface area contributed by atoms with Crippen molar-refractivity contribution in [3.05, 3.63) is 30.3 Å². The van der Waals surface area contributed by atoms with Gasteiger partial charge in [-0.1, -0.05) is 18.2 Å². The number of aliphatic imine (C=N–C) groups is 1. The first-order valence-corrected chi connectivity index (χ1v) is 9.31. The quantitative estimate of drug-likeness (QED) is 0.247. The van der Waals surface area contributed by atoms with Crippen molar-refractivity contribution in [2.45, 2.75) is 44.2 Å². The molecule has 1 aromatic rings. The van der Waals surface area contributed by atoms with E-state index in [1.54, 1.807) is 7.05 Å². The number of hydrogen-bond donors (Lipinski definition) is 3. The van der Waals surface area contributed by atoms with E-state index in [4.69, 9.17) is 0 Å². The Morgan fingerprint density at radius 1 is 1.15 bits per heavy atom. The number of guanidine groups is 1. The molecule has 1 aliphatic carbocycles. The highest BCUT2D eigenvalue weighted by Crippen LogP contribution is 2.20. The van der Waals surface area contributed by atoms with Gasteiger partial charge in [0.25, 0.3) is 0 Å². The molecule has 1 amide bonds. The second-order valence-corrected chi connectivity index (χ2v) is 6.86. The number of carbonyl (C=O) groups is 1. The fraction of sp³-hybridized carbons (Fsp3) is 0.579. The van der Waals surface area contributed by atoms with Crippen molar-refractivity contribution in [3.8, 4) is 0 Å². The van der Waals surface area contributed by atoms with Crippen molar-refractivity contribution >= 4 is 41.5 Å². The van der Waals surface area contributed by atoms with Crippen LogP contribution in [-0.4, -0.2) is 50.6 Å². The minimum absolute atomic E-state index is 0. The molecule has 1 saturated carbocycles. The number of nitrogens with one attached hydrogen (secondary N) is 3. The van der Waals surface area contributed by atoms with Gasteiger partial charge >= 0.3 is 0 Å². The molecule has 1 aliphatic heterocycles. The lowest BCUT2D eigenvalue weighted by Crippen LogP contribution is -2.45. The Morgan fingerprint density at radius 3 is 2.62 bits per heavy atom. The van der Waals surface area contributed by atoms with Crippen LogP contribution >= 0.6 is 24.0 Å². The number of carbonyl (C=O) groups excluding carboxylic acids is 1. The highest BCUT2D eigenvalue weighted by atomic mass is 127. The van der Waals surface area contributed by atoms with Gasteiger partial charge in [0.15, 0.2) is 5.96 Å². The topological polar surface area (TPSA) is 68.8 Å². The Kier molecular flexibility index (Phi) is 8.47. The number of benzene rings is 1. The van der Waals surface area contributed by atoms with Crippen LogP contribution in [0, 0.1) is 0 Å². The standard InChI is InChI=1S/C19H29N5O.HI/c1-20-19(21-12-5-8-18(25)22-15-9-10-15)23-16-11-13-24(14-16)17-6-3-2-4-7-17;/h2-4,6-7,15-16H,5,8-14H2,1H3,(H,22,25)(H2,20,21,23);1H. The molecule has 6 nitrogen and oxygen atoms in total. The molecule has 2 fully saturated rings. The number of para-hydroxylation sites is 1. The minimum atomic E-state index is 0. The number of rotatable bonds is 7. The van der Waals surface area contributed by atoms with Gasteiger partial charge in [0.1, 0.15) is 0 Å². The summed E-state index contributed by atoms with van der Waals surface area (Å²) >= 11 is 0. The van der Waals surface area contributed by atoms with Gasteiger partial charge in [0.05, 0.1) is 0 Å². The highest BCUT2D eigenvalue weighted by molar-refractivity contribution is 14.0. The van der Waals surface area contributed by atoms with Crippen molar-refractivity contribution in [1.29, 1.82) is 0 Å². The van der Waals surface area contributed by atoms with E-state index in [-0.39, 0.29) is 29.9 Å². The molecule has 1 unspecified atom stereocenters. The van der Waals surface area contributed by atoms with Crippen LogP contribution in [0.15, 0.2) is 35.3 Å². The number of amides is 1. The Labute approximate surface area is 173 Å². The average Bonchev–Trinajstić information content (AvgIpc) is 3.32. The molecular weight excluding hydrogens is 441 g/mol. The van der Waals surface area contributed by atoms with E-state index in [9.17, 15) is 4.79 Å². The van der Waals surface area contributed by atoms with Gasteiger partial charge in [-0.05, 0) is 37.8 Å². The molecule has 1 atom stereocenters. The van der Waals surface area contributed by atoms with Gasteiger partial charge < -0.3 is 20.9 Å². The zero-order valence-corrected chi connectivity index (χ0v) is 17.7. The maximum Gasteiger partial charge on any atom is 0.220 e. The molecule has 0 radical (unpaired) electrons. The van der Waals surface area contributed by atoms with E-state index in [0.29, 0.717) is 18.5 Å². The van der Waals surface area contributed by atoms with Crippen LogP contribution in [-0.2, 0) is 4.79 Å². The van der Waals surface area contributed by atoms with Crippen molar-refractivity contribution in [3.63, 3.8) is 0 Å². The summed E-state index contributed by atoms with van der Waals surface area (Å²) in [4.78, 5) is 18.4. The Hall–Kier alpha value is -1.51. The Bertz CT molecular complexity index is 591. The zero-order chi connectivity index (χ0) is 17.5. The van der Waals surface area contributed by atoms with Crippen molar-refractivity contribution < 1.29 is 4.79 Å². The fourth-order valence-corrected chi connectivity index (χ4v) is 3.12. The van der Waals surface area contributed by atoms with E-state index >= 15 is 0 Å². The first kappa shape index (κ1) is 20.8. The molecule has 2 aliphatic rings. The monoisotopic (exact) mass is 471 g/mol. The second-order valence-electron chi connectivity index (χ2n) is 6.86. The molecule has 3 rings (SSSR count). The van der Waals surface area contributed by atoms with Crippen LogP contribution in [0.2, 0.25) is 0 Å². The molecule has 7 heteroatoms. The number of anilines is 1. The SMILES string of the molecule is CN=C(NCCCC(=O)NC1CC1)NC1CCN(c2ccccc2)C1.I. The molecular formula is C19H30IN5O. The van der Waals surface area contributed by atoms with Gasteiger partial charge in [0.2, 0.25) is 5.91 Å². The zero-order valence-electron chi connectivity index (χ0n) is 15.4. The lowest BCUT2D eigenvalue weighted by atomic mass is 10.2. The second kappa shape index (κ2) is 10.6. The van der Waals surface area contributed by atoms with Crippen LogP contribution in [0.4, 0.5) is 5.69 Å². The minimum Gasteiger partial charge on any atom is -0.369 e. The van der Waals surface area contributed by atoms with Gasteiger partial charge in [-0.15, -0.1) is 24.0 Å². The van der Waals surface area contributed by atoms with E-state index in [2.05, 4.69) is 50.1 Å². The van der Waals surface area contributed by atoms with Crippen LogP contribution in [0.3, 0.4) is 0 Å². The number of halogens is 1. The summed E-state index contributed by atoms with van der Waals surface area (Å²) in [5.41, 5.74) is 1.27. The molecule has 0 aromatic heterocycles. The van der Waals surface area contributed by atoms with Gasteiger partial charge in [0, 0.05) is 50.9 Å². The van der Waals surface area contributed by atoms with E-state index in [1.165, 1.54) is 5.69 Å². The summed E-state index contributed by atoms with van der Waals surface area (Å²) in [6.07, 6.45) is 4.77. The highest BCUT2D eigenvalue weighted by Gasteiger charge is 2.24. The summed E-state index contributed by atoms with van der Waals surface area (Å²) in [5, 5.41) is 9.82. The molecule has 1 saturated heterocycles. The van der Waals surface area contributed by atoms with Crippen LogP contribution in [0.5, 0.6) is 0 Å². The third-order valence-corrected chi connectivity index (χ3v) is 4.69. The Balaban J connectivity index is 0.00000243. The summed E-state index contributed by atoms with van der Waals surface area (Å²) in [6, 6.07) is 11.4. The lowest BCUT2D eigenvalue weighted by molar-refractivity contribution is -0.121. The maximum atomic E-state index is 11.7. The predicted octanol–water partition coefficient (Wildman–Crippen LogP) is 2.11. The van der Waals surface area contributed by atoms with Crippen LogP contribution < -0.4 is 20.9 Å². The first-order valence-electron chi connectivity index (χ1n) is 9.31. The van der Waals surface area contributed by atoms with Crippen LogP contribution in [0.25, 0.3) is 0 Å². The molecule has 1 heterocycles. The third-order valence-electron chi connectivity index (χ3n) is 4.69. The van der Waals surface area contributed by atoms with E-state index < -0.39 is 0 Å². The Morgan fingerprint density at radius 2 is 1.92 bits per heavy atom. The fourth-order valence-electron chi connectivity index (χ4n) is 3.12. The summed E-state index contributed by atoms with van der Waals surface area (Å²) in [7, 11) is 1.79. The van der Waals surface area contributed by atoms with Crippen molar-refractivity contribution in [1.82, 2.24) is 16.0 Å². The van der Waals surface area contributed by atoms with Gasteiger partial charge in [-0.2, -0.15) is 0 Å².